The standard InChI is InChI=1S/C12H25N3O/c1-11(13-7-6-8-14(2)3)12(16)15-9-4-5-10-15/h11,13H,4-10H2,1-3H3/t11-/m0/s1. The molecule has 0 aromatic heterocycles. The van der Waals surface area contributed by atoms with Crippen LogP contribution >= 0.6 is 0 Å². The van der Waals surface area contributed by atoms with Crippen LogP contribution in [-0.2, 0) is 4.79 Å². The first-order valence-electron chi connectivity index (χ1n) is 6.28. The highest BCUT2D eigenvalue weighted by Crippen LogP contribution is 2.08. The van der Waals surface area contributed by atoms with E-state index in [9.17, 15) is 4.79 Å². The number of amides is 1. The van der Waals surface area contributed by atoms with Gasteiger partial charge in [0.25, 0.3) is 0 Å². The molecular formula is C12H25N3O. The molecule has 0 radical (unpaired) electrons. The molecule has 4 nitrogen and oxygen atoms in total. The van der Waals surface area contributed by atoms with Gasteiger partial charge in [0.15, 0.2) is 0 Å². The molecule has 4 heteroatoms. The molecular weight excluding hydrogens is 202 g/mol. The molecule has 0 aliphatic carbocycles. The van der Waals surface area contributed by atoms with Crippen LogP contribution in [-0.4, -0.2) is 62.0 Å². The number of carbonyl (C=O) groups is 1. The van der Waals surface area contributed by atoms with Gasteiger partial charge in [-0.3, -0.25) is 4.79 Å². The second kappa shape index (κ2) is 6.86. The van der Waals surface area contributed by atoms with Crippen molar-refractivity contribution in [2.45, 2.75) is 32.2 Å². The van der Waals surface area contributed by atoms with Crippen LogP contribution in [0.5, 0.6) is 0 Å². The van der Waals surface area contributed by atoms with Gasteiger partial charge in [0.05, 0.1) is 6.04 Å². The Balaban J connectivity index is 2.13. The normalized spacial score (nSPS) is 18.1. The first-order chi connectivity index (χ1) is 7.61. The Morgan fingerprint density at radius 1 is 1.38 bits per heavy atom. The Bertz CT molecular complexity index is 212. The van der Waals surface area contributed by atoms with Gasteiger partial charge in [-0.2, -0.15) is 0 Å². The summed E-state index contributed by atoms with van der Waals surface area (Å²) in [6.07, 6.45) is 3.42. The van der Waals surface area contributed by atoms with Crippen molar-refractivity contribution in [2.75, 3.05) is 40.3 Å². The molecule has 1 aliphatic rings. The van der Waals surface area contributed by atoms with Crippen molar-refractivity contribution < 1.29 is 4.79 Å². The van der Waals surface area contributed by atoms with E-state index >= 15 is 0 Å². The van der Waals surface area contributed by atoms with Crippen molar-refractivity contribution in [2.24, 2.45) is 0 Å². The Labute approximate surface area is 99.0 Å². The summed E-state index contributed by atoms with van der Waals surface area (Å²) in [5.74, 6) is 0.266. The van der Waals surface area contributed by atoms with E-state index in [-0.39, 0.29) is 11.9 Å². The third kappa shape index (κ3) is 4.49. The topological polar surface area (TPSA) is 35.6 Å². The van der Waals surface area contributed by atoms with Gasteiger partial charge in [0.1, 0.15) is 0 Å². The van der Waals surface area contributed by atoms with Crippen LogP contribution in [0.2, 0.25) is 0 Å². The second-order valence-electron chi connectivity index (χ2n) is 4.87. The molecule has 1 fully saturated rings. The van der Waals surface area contributed by atoms with Crippen LogP contribution < -0.4 is 5.32 Å². The molecule has 1 N–H and O–H groups in total. The quantitative estimate of drug-likeness (QED) is 0.673. The SMILES string of the molecule is C[C@H](NCCCN(C)C)C(=O)N1CCCC1. The Morgan fingerprint density at radius 2 is 2.00 bits per heavy atom. The first-order valence-corrected chi connectivity index (χ1v) is 6.28. The maximum atomic E-state index is 11.9. The van der Waals surface area contributed by atoms with Gasteiger partial charge < -0.3 is 15.1 Å². The van der Waals surface area contributed by atoms with Crippen LogP contribution in [0.4, 0.5) is 0 Å². The van der Waals surface area contributed by atoms with Gasteiger partial charge in [-0.15, -0.1) is 0 Å². The van der Waals surface area contributed by atoms with E-state index in [0.717, 1.165) is 32.6 Å². The molecule has 1 amide bonds. The lowest BCUT2D eigenvalue weighted by Gasteiger charge is -2.21. The van der Waals surface area contributed by atoms with Gasteiger partial charge in [-0.25, -0.2) is 0 Å². The van der Waals surface area contributed by atoms with Gasteiger partial charge in [0.2, 0.25) is 5.91 Å². The molecule has 16 heavy (non-hydrogen) atoms. The summed E-state index contributed by atoms with van der Waals surface area (Å²) >= 11 is 0. The van der Waals surface area contributed by atoms with Crippen LogP contribution in [0.25, 0.3) is 0 Å². The summed E-state index contributed by atoms with van der Waals surface area (Å²) in [6, 6.07) is -0.0275. The van der Waals surface area contributed by atoms with Crippen LogP contribution in [0.15, 0.2) is 0 Å². The lowest BCUT2D eigenvalue weighted by Crippen LogP contribution is -2.44. The molecule has 0 aromatic rings. The zero-order valence-corrected chi connectivity index (χ0v) is 10.8. The molecule has 1 aliphatic heterocycles. The van der Waals surface area contributed by atoms with Crippen molar-refractivity contribution >= 4 is 5.91 Å². The maximum Gasteiger partial charge on any atom is 0.239 e. The van der Waals surface area contributed by atoms with E-state index in [1.807, 2.05) is 11.8 Å². The van der Waals surface area contributed by atoms with Crippen molar-refractivity contribution in [1.29, 1.82) is 0 Å². The van der Waals surface area contributed by atoms with Gasteiger partial charge in [-0.1, -0.05) is 0 Å². The van der Waals surface area contributed by atoms with Gasteiger partial charge in [0, 0.05) is 13.1 Å². The van der Waals surface area contributed by atoms with Crippen molar-refractivity contribution in [3.05, 3.63) is 0 Å². The van der Waals surface area contributed by atoms with E-state index in [4.69, 9.17) is 0 Å². The van der Waals surface area contributed by atoms with Crippen LogP contribution in [0, 0.1) is 0 Å². The molecule has 0 unspecified atom stereocenters. The fourth-order valence-electron chi connectivity index (χ4n) is 2.01. The van der Waals surface area contributed by atoms with Gasteiger partial charge >= 0.3 is 0 Å². The number of hydrogen-bond acceptors (Lipinski definition) is 3. The third-order valence-corrected chi connectivity index (χ3v) is 3.02. The summed E-state index contributed by atoms with van der Waals surface area (Å²) in [7, 11) is 4.14. The fraction of sp³-hybridized carbons (Fsp3) is 0.917. The smallest absolute Gasteiger partial charge is 0.239 e. The minimum Gasteiger partial charge on any atom is -0.341 e. The Hall–Kier alpha value is -0.610. The van der Waals surface area contributed by atoms with Crippen molar-refractivity contribution in [3.8, 4) is 0 Å². The van der Waals surface area contributed by atoms with E-state index in [2.05, 4.69) is 24.3 Å². The average molecular weight is 227 g/mol. The highest BCUT2D eigenvalue weighted by Gasteiger charge is 2.22. The predicted molar refractivity (Wildman–Crippen MR) is 66.4 cm³/mol. The summed E-state index contributed by atoms with van der Waals surface area (Å²) < 4.78 is 0. The summed E-state index contributed by atoms with van der Waals surface area (Å²) in [5, 5.41) is 3.30. The lowest BCUT2D eigenvalue weighted by molar-refractivity contribution is -0.131. The number of rotatable bonds is 6. The molecule has 1 rings (SSSR count). The minimum absolute atomic E-state index is 0.0275. The minimum atomic E-state index is -0.0275. The number of carbonyl (C=O) groups excluding carboxylic acids is 1. The fourth-order valence-corrected chi connectivity index (χ4v) is 2.01. The van der Waals surface area contributed by atoms with Crippen molar-refractivity contribution in [3.63, 3.8) is 0 Å². The number of hydrogen-bond donors (Lipinski definition) is 1. The second-order valence-corrected chi connectivity index (χ2v) is 4.87. The molecule has 0 aromatic carbocycles. The van der Waals surface area contributed by atoms with Crippen LogP contribution in [0.1, 0.15) is 26.2 Å². The lowest BCUT2D eigenvalue weighted by atomic mass is 10.2. The molecule has 0 saturated carbocycles. The zero-order valence-electron chi connectivity index (χ0n) is 10.8. The molecule has 0 spiro atoms. The predicted octanol–water partition coefficient (Wildman–Crippen LogP) is 0.539. The van der Waals surface area contributed by atoms with Crippen LogP contribution in [0.3, 0.4) is 0 Å². The molecule has 0 bridgehead atoms. The molecule has 1 heterocycles. The van der Waals surface area contributed by atoms with E-state index in [0.29, 0.717) is 0 Å². The average Bonchev–Trinajstić information content (AvgIpc) is 2.76. The molecule has 94 valence electrons. The van der Waals surface area contributed by atoms with Crippen molar-refractivity contribution in [1.82, 2.24) is 15.1 Å². The number of nitrogens with zero attached hydrogens (tertiary/aromatic N) is 2. The van der Waals surface area contributed by atoms with E-state index < -0.39 is 0 Å². The number of likely N-dealkylation sites (tertiary alicyclic amines) is 1. The highest BCUT2D eigenvalue weighted by atomic mass is 16.2. The van der Waals surface area contributed by atoms with Gasteiger partial charge in [-0.05, 0) is 53.4 Å². The largest absolute Gasteiger partial charge is 0.341 e. The van der Waals surface area contributed by atoms with E-state index in [1.54, 1.807) is 0 Å². The molecule has 1 saturated heterocycles. The summed E-state index contributed by atoms with van der Waals surface area (Å²) in [4.78, 5) is 16.1. The monoisotopic (exact) mass is 227 g/mol. The third-order valence-electron chi connectivity index (χ3n) is 3.02. The Morgan fingerprint density at radius 3 is 2.56 bits per heavy atom. The highest BCUT2D eigenvalue weighted by molar-refractivity contribution is 5.81. The Kier molecular flexibility index (Phi) is 5.77. The zero-order chi connectivity index (χ0) is 12.0. The molecule has 1 atom stereocenters. The number of nitrogens with one attached hydrogen (secondary N) is 1. The summed E-state index contributed by atoms with van der Waals surface area (Å²) in [5.41, 5.74) is 0. The first kappa shape index (κ1) is 13.5. The van der Waals surface area contributed by atoms with E-state index in [1.165, 1.54) is 12.8 Å². The summed E-state index contributed by atoms with van der Waals surface area (Å²) in [6.45, 7) is 5.85. The maximum absolute atomic E-state index is 11.9.